The SMILES string of the molecule is CCC(=O)C[C@@H]1[C@]2(C)C(=C(O)[C@@]3(O)C(=O)C(C(=O)CCC4CCCC4)=C(O)C(C(C)C)[C@@]13C)C(=O)c1c(ccc(C(C)(C)C)c1O)[C@H]2C. The molecule has 4 aliphatic carbocycles. The van der Waals surface area contributed by atoms with Gasteiger partial charge in [0, 0.05) is 47.1 Å². The third kappa shape index (κ3) is 4.79. The fourth-order valence-corrected chi connectivity index (χ4v) is 10.2. The van der Waals surface area contributed by atoms with Crippen LogP contribution < -0.4 is 0 Å². The Kier molecular flexibility index (Phi) is 8.98. The van der Waals surface area contributed by atoms with Crippen molar-refractivity contribution >= 4 is 23.1 Å². The Morgan fingerprint density at radius 2 is 1.62 bits per heavy atom. The van der Waals surface area contributed by atoms with Crippen LogP contribution in [0.1, 0.15) is 141 Å². The van der Waals surface area contributed by atoms with Crippen LogP contribution in [-0.2, 0) is 19.8 Å². The van der Waals surface area contributed by atoms with Crippen molar-refractivity contribution in [3.05, 3.63) is 51.5 Å². The Bertz CT molecular complexity index is 1630. The van der Waals surface area contributed by atoms with E-state index in [0.29, 0.717) is 23.5 Å². The third-order valence-corrected chi connectivity index (χ3v) is 13.0. The number of aliphatic hydroxyl groups is 3. The van der Waals surface area contributed by atoms with Crippen LogP contribution in [0.25, 0.3) is 0 Å². The van der Waals surface area contributed by atoms with Crippen LogP contribution in [-0.4, -0.2) is 49.2 Å². The highest BCUT2D eigenvalue weighted by molar-refractivity contribution is 6.26. The van der Waals surface area contributed by atoms with Gasteiger partial charge in [-0.3, -0.25) is 19.2 Å². The van der Waals surface area contributed by atoms with Gasteiger partial charge in [0.25, 0.3) is 0 Å². The molecule has 1 saturated carbocycles. The smallest absolute Gasteiger partial charge is 0.209 e. The number of carbonyl (C=O) groups is 4. The second-order valence-electron chi connectivity index (χ2n) is 16.8. The predicted molar refractivity (Wildman–Crippen MR) is 183 cm³/mol. The quantitative estimate of drug-likeness (QED) is 0.207. The second-order valence-corrected chi connectivity index (χ2v) is 16.8. The van der Waals surface area contributed by atoms with Crippen molar-refractivity contribution in [2.75, 3.05) is 0 Å². The minimum absolute atomic E-state index is 0.00311. The molecule has 0 saturated heterocycles. The number of phenolic OH excluding ortho intramolecular Hbond substituents is 1. The van der Waals surface area contributed by atoms with Crippen LogP contribution in [0.2, 0.25) is 0 Å². The van der Waals surface area contributed by atoms with Crippen molar-refractivity contribution < 1.29 is 39.6 Å². The molecule has 0 heterocycles. The van der Waals surface area contributed by atoms with Gasteiger partial charge in [-0.1, -0.05) is 100 Å². The van der Waals surface area contributed by atoms with Crippen LogP contribution in [0.15, 0.2) is 34.8 Å². The van der Waals surface area contributed by atoms with Crippen LogP contribution in [0.5, 0.6) is 5.75 Å². The summed E-state index contributed by atoms with van der Waals surface area (Å²) in [7, 11) is 0. The summed E-state index contributed by atoms with van der Waals surface area (Å²) in [5.41, 5.74) is -6.04. The van der Waals surface area contributed by atoms with Crippen molar-refractivity contribution in [2.24, 2.45) is 34.5 Å². The first-order chi connectivity index (χ1) is 22.2. The van der Waals surface area contributed by atoms with Crippen molar-refractivity contribution in [1.29, 1.82) is 0 Å². The molecule has 8 nitrogen and oxygen atoms in total. The molecule has 1 fully saturated rings. The fourth-order valence-electron chi connectivity index (χ4n) is 10.2. The largest absolute Gasteiger partial charge is 0.511 e. The maximum atomic E-state index is 14.8. The maximum absolute atomic E-state index is 14.8. The normalized spacial score (nSPS) is 32.4. The van der Waals surface area contributed by atoms with Gasteiger partial charge in [-0.15, -0.1) is 0 Å². The number of rotatable bonds is 8. The van der Waals surface area contributed by atoms with Gasteiger partial charge in [0.15, 0.2) is 17.2 Å². The fraction of sp³-hybridized carbons (Fsp3) is 0.650. The number of benzene rings is 1. The molecular formula is C40H54O8. The maximum Gasteiger partial charge on any atom is 0.209 e. The molecule has 4 aliphatic rings. The average molecular weight is 663 g/mol. The molecule has 1 aromatic carbocycles. The van der Waals surface area contributed by atoms with Gasteiger partial charge in [-0.25, -0.2) is 0 Å². The third-order valence-electron chi connectivity index (χ3n) is 13.0. The van der Waals surface area contributed by atoms with E-state index in [0.717, 1.165) is 25.7 Å². The first kappa shape index (κ1) is 36.0. The minimum Gasteiger partial charge on any atom is -0.511 e. The number of carbonyl (C=O) groups excluding carboxylic acids is 4. The molecule has 4 N–H and O–H groups in total. The first-order valence-corrected chi connectivity index (χ1v) is 17.8. The van der Waals surface area contributed by atoms with Crippen LogP contribution >= 0.6 is 0 Å². The van der Waals surface area contributed by atoms with Crippen molar-refractivity contribution in [3.8, 4) is 5.75 Å². The van der Waals surface area contributed by atoms with E-state index in [1.54, 1.807) is 26.8 Å². The van der Waals surface area contributed by atoms with E-state index in [4.69, 9.17) is 0 Å². The summed E-state index contributed by atoms with van der Waals surface area (Å²) >= 11 is 0. The zero-order chi connectivity index (χ0) is 35.9. The zero-order valence-corrected chi connectivity index (χ0v) is 30.1. The van der Waals surface area contributed by atoms with Gasteiger partial charge in [0.05, 0.1) is 5.56 Å². The lowest BCUT2D eigenvalue weighted by atomic mass is 9.38. The molecule has 5 rings (SSSR count). The second kappa shape index (κ2) is 12.0. The van der Waals surface area contributed by atoms with Gasteiger partial charge >= 0.3 is 0 Å². The Hall–Kier alpha value is -3.26. The molecule has 0 aromatic heterocycles. The summed E-state index contributed by atoms with van der Waals surface area (Å²) in [4.78, 5) is 56.9. The van der Waals surface area contributed by atoms with Crippen LogP contribution in [0, 0.1) is 34.5 Å². The Labute approximate surface area is 284 Å². The van der Waals surface area contributed by atoms with Gasteiger partial charge in [-0.05, 0) is 41.1 Å². The van der Waals surface area contributed by atoms with Gasteiger partial charge < -0.3 is 20.4 Å². The summed E-state index contributed by atoms with van der Waals surface area (Å²) < 4.78 is 0. The Morgan fingerprint density at radius 1 is 1.02 bits per heavy atom. The average Bonchev–Trinajstić information content (AvgIpc) is 3.52. The standard InChI is InChI=1S/C40H54O8/c1-10-23(41)19-27-38(8)21(4)24-16-17-25(37(5,6)7)32(43)28(24)33(44)31(38)36(47)40(48)35(46)29(26(42)18-15-22-13-11-12-14-22)34(45)30(20(2)3)39(27,40)9/h16-17,20-22,27,30,43,45,47-48H,10-15,18-19H2,1-9H3/t21-,27-,30?,38-,39-,40+/m1/s1. The summed E-state index contributed by atoms with van der Waals surface area (Å²) in [6.45, 7) is 16.3. The molecule has 6 atom stereocenters. The van der Waals surface area contributed by atoms with E-state index >= 15 is 0 Å². The minimum atomic E-state index is -2.80. The molecule has 0 aliphatic heterocycles. The number of Topliss-reactive ketones (excluding diaryl/α,β-unsaturated/α-hetero) is 4. The summed E-state index contributed by atoms with van der Waals surface area (Å²) in [5, 5.41) is 48.9. The number of aliphatic hydroxyl groups excluding tert-OH is 2. The number of fused-ring (bicyclic) bond motifs is 3. The highest BCUT2D eigenvalue weighted by atomic mass is 16.4. The van der Waals surface area contributed by atoms with Crippen molar-refractivity contribution in [1.82, 2.24) is 0 Å². The number of hydrogen-bond acceptors (Lipinski definition) is 8. The molecule has 8 heteroatoms. The molecule has 0 amide bonds. The number of allylic oxidation sites excluding steroid dienone is 2. The molecule has 0 bridgehead atoms. The van der Waals surface area contributed by atoms with Gasteiger partial charge in [0.1, 0.15) is 28.6 Å². The van der Waals surface area contributed by atoms with Crippen LogP contribution in [0.4, 0.5) is 0 Å². The van der Waals surface area contributed by atoms with Crippen molar-refractivity contribution in [2.45, 2.75) is 131 Å². The van der Waals surface area contributed by atoms with Crippen molar-refractivity contribution in [3.63, 3.8) is 0 Å². The molecule has 1 unspecified atom stereocenters. The molecule has 262 valence electrons. The van der Waals surface area contributed by atoms with E-state index < -0.39 is 80.0 Å². The molecule has 1 aromatic rings. The van der Waals surface area contributed by atoms with E-state index in [1.807, 2.05) is 47.6 Å². The molecular weight excluding hydrogens is 608 g/mol. The van der Waals surface area contributed by atoms with E-state index in [9.17, 15) is 39.6 Å². The lowest BCUT2D eigenvalue weighted by molar-refractivity contribution is -0.193. The highest BCUT2D eigenvalue weighted by Gasteiger charge is 2.75. The van der Waals surface area contributed by atoms with Gasteiger partial charge in [0.2, 0.25) is 5.78 Å². The zero-order valence-electron chi connectivity index (χ0n) is 30.1. The first-order valence-electron chi connectivity index (χ1n) is 17.8. The topological polar surface area (TPSA) is 149 Å². The number of phenols is 1. The Balaban J connectivity index is 1.82. The van der Waals surface area contributed by atoms with Gasteiger partial charge in [-0.2, -0.15) is 0 Å². The summed E-state index contributed by atoms with van der Waals surface area (Å²) in [6, 6.07) is 3.60. The van der Waals surface area contributed by atoms with E-state index in [1.165, 1.54) is 0 Å². The molecule has 0 spiro atoms. The lowest BCUT2D eigenvalue weighted by Gasteiger charge is -2.65. The summed E-state index contributed by atoms with van der Waals surface area (Å²) in [5.74, 6) is -6.75. The summed E-state index contributed by atoms with van der Waals surface area (Å²) in [6.07, 6.45) is 4.72. The Morgan fingerprint density at radius 3 is 2.17 bits per heavy atom. The van der Waals surface area contributed by atoms with Crippen LogP contribution in [0.3, 0.4) is 0 Å². The molecule has 48 heavy (non-hydrogen) atoms. The lowest BCUT2D eigenvalue weighted by Crippen LogP contribution is -2.71. The predicted octanol–water partition coefficient (Wildman–Crippen LogP) is 7.75. The molecule has 0 radical (unpaired) electrons. The highest BCUT2D eigenvalue weighted by Crippen LogP contribution is 2.71. The monoisotopic (exact) mass is 662 g/mol. The number of aromatic hydroxyl groups is 1. The van der Waals surface area contributed by atoms with E-state index in [2.05, 4.69) is 0 Å². The number of ketones is 4. The van der Waals surface area contributed by atoms with E-state index in [-0.39, 0.29) is 41.9 Å². The number of hydrogen-bond donors (Lipinski definition) is 4.